The second-order valence-electron chi connectivity index (χ2n) is 13.5. The minimum atomic E-state index is -0.115. The van der Waals surface area contributed by atoms with Gasteiger partial charge in [-0.3, -0.25) is 0 Å². The Morgan fingerprint density at radius 3 is 1.88 bits per heavy atom. The quantitative estimate of drug-likeness (QED) is 0.206. The predicted octanol–water partition coefficient (Wildman–Crippen LogP) is 10.3. The van der Waals surface area contributed by atoms with E-state index < -0.39 is 0 Å². The van der Waals surface area contributed by atoms with Gasteiger partial charge in [-0.15, -0.1) is 0 Å². The number of fused-ring (bicyclic) bond motifs is 2. The number of hydrogen-bond donors (Lipinski definition) is 0. The summed E-state index contributed by atoms with van der Waals surface area (Å²) in [6, 6.07) is 36.7. The zero-order valence-electron chi connectivity index (χ0n) is 25.1. The average molecular weight is 543 g/mol. The molecule has 0 radical (unpaired) electrons. The van der Waals surface area contributed by atoms with Crippen LogP contribution in [0.2, 0.25) is 0 Å². The summed E-state index contributed by atoms with van der Waals surface area (Å²) in [7, 11) is 0. The van der Waals surface area contributed by atoms with E-state index in [1.54, 1.807) is 0 Å². The maximum absolute atomic E-state index is 2.60. The Morgan fingerprint density at radius 1 is 0.500 bits per heavy atom. The smallest absolute Gasteiger partial charge is 0.0582 e. The highest BCUT2D eigenvalue weighted by Gasteiger charge is 2.43. The van der Waals surface area contributed by atoms with Gasteiger partial charge in [-0.25, -0.2) is 0 Å². The third-order valence-corrected chi connectivity index (χ3v) is 10.7. The summed E-state index contributed by atoms with van der Waals surface area (Å²) >= 11 is 0. The topological polar surface area (TPSA) is 9.86 Å². The molecule has 4 heterocycles. The van der Waals surface area contributed by atoms with Crippen LogP contribution in [0.1, 0.15) is 61.2 Å². The molecular formula is C40H34N2. The van der Waals surface area contributed by atoms with Crippen molar-refractivity contribution >= 4 is 32.7 Å². The summed E-state index contributed by atoms with van der Waals surface area (Å²) in [6.07, 6.45) is 0. The monoisotopic (exact) mass is 542 g/mol. The SMILES string of the molecule is Cc1c(C)n(-c2ccc(-c3cc4c5c(c3)c3cccc6c3n5-c3c(cccc3C4(C)C)C6(C)C)cc2)c2ccccc12. The molecule has 42 heavy (non-hydrogen) atoms. The molecule has 0 fully saturated rings. The Morgan fingerprint density at radius 2 is 1.12 bits per heavy atom. The van der Waals surface area contributed by atoms with Gasteiger partial charge in [0.15, 0.2) is 0 Å². The molecule has 2 aliphatic rings. The van der Waals surface area contributed by atoms with Gasteiger partial charge in [0.2, 0.25) is 0 Å². The van der Waals surface area contributed by atoms with Crippen molar-refractivity contribution in [3.63, 3.8) is 0 Å². The first kappa shape index (κ1) is 24.1. The first-order valence-corrected chi connectivity index (χ1v) is 15.1. The van der Waals surface area contributed by atoms with E-state index in [0.717, 1.165) is 0 Å². The van der Waals surface area contributed by atoms with E-state index in [-0.39, 0.29) is 10.8 Å². The number of benzene rings is 5. The van der Waals surface area contributed by atoms with Crippen molar-refractivity contribution in [2.24, 2.45) is 0 Å². The molecule has 204 valence electrons. The lowest BCUT2D eigenvalue weighted by molar-refractivity contribution is 0.594. The molecule has 0 spiro atoms. The Hall–Kier alpha value is -4.56. The maximum Gasteiger partial charge on any atom is 0.0582 e. The molecule has 0 unspecified atom stereocenters. The number of nitrogens with zero attached hydrogens (tertiary/aromatic N) is 2. The Kier molecular flexibility index (Phi) is 4.38. The summed E-state index contributed by atoms with van der Waals surface area (Å²) in [6.45, 7) is 14.1. The number of para-hydroxylation sites is 3. The lowest BCUT2D eigenvalue weighted by Gasteiger charge is -2.42. The van der Waals surface area contributed by atoms with Crippen LogP contribution in [0.15, 0.2) is 97.1 Å². The van der Waals surface area contributed by atoms with Gasteiger partial charge in [-0.2, -0.15) is 0 Å². The van der Waals surface area contributed by atoms with E-state index in [1.807, 2.05) is 0 Å². The van der Waals surface area contributed by atoms with Crippen LogP contribution in [0.3, 0.4) is 0 Å². The van der Waals surface area contributed by atoms with Crippen molar-refractivity contribution < 1.29 is 0 Å². The van der Waals surface area contributed by atoms with E-state index in [0.29, 0.717) is 0 Å². The van der Waals surface area contributed by atoms with Crippen LogP contribution in [0.4, 0.5) is 0 Å². The highest BCUT2D eigenvalue weighted by atomic mass is 15.0. The minimum absolute atomic E-state index is 0.0550. The van der Waals surface area contributed by atoms with Crippen LogP contribution in [-0.4, -0.2) is 9.13 Å². The van der Waals surface area contributed by atoms with Gasteiger partial charge in [0.1, 0.15) is 0 Å². The van der Waals surface area contributed by atoms with Crippen LogP contribution in [-0.2, 0) is 10.8 Å². The molecule has 2 aromatic heterocycles. The lowest BCUT2D eigenvalue weighted by Crippen LogP contribution is -2.33. The van der Waals surface area contributed by atoms with Gasteiger partial charge in [0, 0.05) is 38.4 Å². The van der Waals surface area contributed by atoms with E-state index in [4.69, 9.17) is 0 Å². The fourth-order valence-corrected chi connectivity index (χ4v) is 8.31. The number of hydrogen-bond acceptors (Lipinski definition) is 0. The van der Waals surface area contributed by atoms with Crippen molar-refractivity contribution in [3.05, 3.63) is 131 Å². The van der Waals surface area contributed by atoms with Gasteiger partial charge >= 0.3 is 0 Å². The van der Waals surface area contributed by atoms with Gasteiger partial charge in [-0.1, -0.05) is 94.4 Å². The largest absolute Gasteiger partial charge is 0.314 e. The molecular weight excluding hydrogens is 508 g/mol. The molecule has 0 saturated heterocycles. The molecule has 0 atom stereocenters. The lowest BCUT2D eigenvalue weighted by atomic mass is 9.68. The summed E-state index contributed by atoms with van der Waals surface area (Å²) in [5, 5.41) is 4.04. The van der Waals surface area contributed by atoms with E-state index >= 15 is 0 Å². The van der Waals surface area contributed by atoms with Crippen molar-refractivity contribution in [3.8, 4) is 22.5 Å². The molecule has 0 aliphatic carbocycles. The number of rotatable bonds is 2. The summed E-state index contributed by atoms with van der Waals surface area (Å²) in [5.74, 6) is 0. The molecule has 7 aromatic rings. The molecule has 2 nitrogen and oxygen atoms in total. The first-order valence-electron chi connectivity index (χ1n) is 15.1. The number of aromatic nitrogens is 2. The van der Waals surface area contributed by atoms with Crippen molar-refractivity contribution in [2.45, 2.75) is 52.4 Å². The fraction of sp³-hybridized carbons (Fsp3) is 0.200. The van der Waals surface area contributed by atoms with Crippen LogP contribution >= 0.6 is 0 Å². The normalized spacial score (nSPS) is 15.8. The Labute approximate surface area is 246 Å². The molecule has 0 bridgehead atoms. The van der Waals surface area contributed by atoms with Gasteiger partial charge in [-0.05, 0) is 83.1 Å². The van der Waals surface area contributed by atoms with E-state index in [1.165, 1.54) is 88.7 Å². The molecule has 9 rings (SSSR count). The number of aryl methyl sites for hydroxylation is 1. The Balaban J connectivity index is 1.31. The standard InChI is InChI=1S/C40H34N2/c1-23-24(2)41(35-16-8-7-11-28(23)35)27-19-17-25(18-20-27)26-21-30-29-12-9-13-31-36(29)42-37(30)34(22-26)40(5,6)33-15-10-14-32(38(33)42)39(31,3)4/h7-22H,1-6H3. The zero-order valence-corrected chi connectivity index (χ0v) is 25.1. The van der Waals surface area contributed by atoms with Crippen molar-refractivity contribution in [1.29, 1.82) is 0 Å². The van der Waals surface area contributed by atoms with E-state index in [9.17, 15) is 0 Å². The van der Waals surface area contributed by atoms with Gasteiger partial charge < -0.3 is 9.13 Å². The molecule has 0 N–H and O–H groups in total. The van der Waals surface area contributed by atoms with Crippen LogP contribution in [0, 0.1) is 13.8 Å². The molecule has 5 aromatic carbocycles. The van der Waals surface area contributed by atoms with Crippen LogP contribution in [0.25, 0.3) is 55.2 Å². The highest BCUT2D eigenvalue weighted by Crippen LogP contribution is 2.55. The summed E-state index contributed by atoms with van der Waals surface area (Å²) < 4.78 is 5.00. The average Bonchev–Trinajstić information content (AvgIpc) is 3.46. The zero-order chi connectivity index (χ0) is 28.7. The molecule has 0 saturated carbocycles. The third-order valence-electron chi connectivity index (χ3n) is 10.7. The third kappa shape index (κ3) is 2.71. The maximum atomic E-state index is 2.60. The fourth-order valence-electron chi connectivity index (χ4n) is 8.31. The molecule has 2 heteroatoms. The second kappa shape index (κ2) is 7.63. The van der Waals surface area contributed by atoms with E-state index in [2.05, 4.69) is 148 Å². The van der Waals surface area contributed by atoms with Crippen molar-refractivity contribution in [1.82, 2.24) is 9.13 Å². The first-order chi connectivity index (χ1) is 20.2. The second-order valence-corrected chi connectivity index (χ2v) is 13.5. The minimum Gasteiger partial charge on any atom is -0.314 e. The molecule has 0 amide bonds. The van der Waals surface area contributed by atoms with Crippen molar-refractivity contribution in [2.75, 3.05) is 0 Å². The van der Waals surface area contributed by atoms with Crippen LogP contribution in [0.5, 0.6) is 0 Å². The van der Waals surface area contributed by atoms with Gasteiger partial charge in [0.25, 0.3) is 0 Å². The van der Waals surface area contributed by atoms with Gasteiger partial charge in [0.05, 0.1) is 22.2 Å². The van der Waals surface area contributed by atoms with Crippen LogP contribution < -0.4 is 0 Å². The Bertz CT molecular complexity index is 2300. The highest BCUT2D eigenvalue weighted by molar-refractivity contribution is 6.15. The predicted molar refractivity (Wildman–Crippen MR) is 177 cm³/mol. The molecule has 2 aliphatic heterocycles. The summed E-state index contributed by atoms with van der Waals surface area (Å²) in [5.41, 5.74) is 17.3. The summed E-state index contributed by atoms with van der Waals surface area (Å²) in [4.78, 5) is 0.